The van der Waals surface area contributed by atoms with E-state index in [1.807, 2.05) is 6.20 Å². The molecule has 3 aliphatic carbocycles. The van der Waals surface area contributed by atoms with E-state index in [4.69, 9.17) is 10.1 Å². The molecule has 0 spiro atoms. The van der Waals surface area contributed by atoms with E-state index < -0.39 is 0 Å². The molecule has 3 aliphatic rings. The molecule has 0 aliphatic heterocycles. The Hall–Kier alpha value is -1.91. The maximum absolute atomic E-state index is 4.89. The summed E-state index contributed by atoms with van der Waals surface area (Å²) in [5, 5.41) is 8.41. The third kappa shape index (κ3) is 3.87. The maximum Gasteiger partial charge on any atom is 0.223 e. The summed E-state index contributed by atoms with van der Waals surface area (Å²) in [6.45, 7) is 0. The molecule has 1 N–H and O–H groups in total. The van der Waals surface area contributed by atoms with Gasteiger partial charge in [-0.05, 0) is 56.9 Å². The van der Waals surface area contributed by atoms with E-state index in [1.165, 1.54) is 81.9 Å². The summed E-state index contributed by atoms with van der Waals surface area (Å²) in [5.41, 5.74) is 3.66. The summed E-state index contributed by atoms with van der Waals surface area (Å²) in [4.78, 5) is 9.39. The molecular formula is C22H31N5. The molecule has 27 heavy (non-hydrogen) atoms. The van der Waals surface area contributed by atoms with Gasteiger partial charge in [0, 0.05) is 23.5 Å². The maximum atomic E-state index is 4.89. The van der Waals surface area contributed by atoms with Crippen LogP contribution in [0.25, 0.3) is 11.3 Å². The first-order chi connectivity index (χ1) is 13.4. The second kappa shape index (κ2) is 7.61. The Balaban J connectivity index is 1.42. The SMILES string of the molecule is c1cc(-c2cnn(C3CCCC3)c2CC2CC2)nc(NC2CCCCC2)n1. The highest BCUT2D eigenvalue weighted by Gasteiger charge is 2.29. The van der Waals surface area contributed by atoms with Crippen LogP contribution in [-0.2, 0) is 6.42 Å². The van der Waals surface area contributed by atoms with Crippen LogP contribution in [0.4, 0.5) is 5.95 Å². The minimum Gasteiger partial charge on any atom is -0.351 e. The molecule has 0 aromatic carbocycles. The molecule has 2 heterocycles. The number of hydrogen-bond donors (Lipinski definition) is 1. The number of rotatable bonds is 6. The van der Waals surface area contributed by atoms with Crippen molar-refractivity contribution in [3.63, 3.8) is 0 Å². The molecule has 2 aromatic rings. The van der Waals surface area contributed by atoms with E-state index in [0.717, 1.165) is 24.0 Å². The standard InChI is InChI=1S/C22H31N5/c1-2-6-17(7-3-1)25-22-23-13-12-20(26-22)19-15-24-27(18-8-4-5-9-18)21(19)14-16-10-11-16/h12-13,15-18H,1-11,14H2,(H,23,25,26). The Morgan fingerprint density at radius 2 is 1.74 bits per heavy atom. The Morgan fingerprint density at radius 3 is 2.52 bits per heavy atom. The lowest BCUT2D eigenvalue weighted by Crippen LogP contribution is -2.23. The number of nitrogens with zero attached hydrogens (tertiary/aromatic N) is 4. The zero-order valence-corrected chi connectivity index (χ0v) is 16.2. The Morgan fingerprint density at radius 1 is 0.963 bits per heavy atom. The average molecular weight is 366 g/mol. The second-order valence-electron chi connectivity index (χ2n) is 8.78. The summed E-state index contributed by atoms with van der Waals surface area (Å²) in [7, 11) is 0. The summed E-state index contributed by atoms with van der Waals surface area (Å²) in [5.74, 6) is 1.63. The highest BCUT2D eigenvalue weighted by atomic mass is 15.3. The fraction of sp³-hybridized carbons (Fsp3) is 0.682. The van der Waals surface area contributed by atoms with E-state index in [-0.39, 0.29) is 0 Å². The largest absolute Gasteiger partial charge is 0.351 e. The van der Waals surface area contributed by atoms with Gasteiger partial charge in [-0.3, -0.25) is 4.68 Å². The first-order valence-corrected chi connectivity index (χ1v) is 11.0. The molecule has 5 heteroatoms. The monoisotopic (exact) mass is 365 g/mol. The summed E-state index contributed by atoms with van der Waals surface area (Å²) in [6.07, 6.45) is 19.6. The smallest absolute Gasteiger partial charge is 0.223 e. The van der Waals surface area contributed by atoms with Crippen LogP contribution in [-0.4, -0.2) is 25.8 Å². The summed E-state index contributed by atoms with van der Waals surface area (Å²) < 4.78 is 2.34. The van der Waals surface area contributed by atoms with Crippen molar-refractivity contribution in [2.24, 2.45) is 5.92 Å². The van der Waals surface area contributed by atoms with Gasteiger partial charge >= 0.3 is 0 Å². The van der Waals surface area contributed by atoms with E-state index >= 15 is 0 Å². The topological polar surface area (TPSA) is 55.6 Å². The van der Waals surface area contributed by atoms with Gasteiger partial charge in [-0.1, -0.05) is 32.1 Å². The second-order valence-corrected chi connectivity index (χ2v) is 8.78. The van der Waals surface area contributed by atoms with Gasteiger partial charge in [0.1, 0.15) is 0 Å². The summed E-state index contributed by atoms with van der Waals surface area (Å²) in [6, 6.07) is 3.17. The molecule has 3 saturated carbocycles. The molecule has 0 atom stereocenters. The fourth-order valence-electron chi connectivity index (χ4n) is 4.87. The van der Waals surface area contributed by atoms with Crippen LogP contribution >= 0.6 is 0 Å². The van der Waals surface area contributed by atoms with Crippen LogP contribution in [0, 0.1) is 5.92 Å². The molecule has 0 radical (unpaired) electrons. The average Bonchev–Trinajstić information content (AvgIpc) is 3.17. The van der Waals surface area contributed by atoms with E-state index in [0.29, 0.717) is 12.1 Å². The minimum absolute atomic E-state index is 0.529. The lowest BCUT2D eigenvalue weighted by molar-refractivity contribution is 0.446. The molecule has 3 fully saturated rings. The lowest BCUT2D eigenvalue weighted by Gasteiger charge is -2.22. The molecule has 144 valence electrons. The van der Waals surface area contributed by atoms with E-state index in [2.05, 4.69) is 27.2 Å². The van der Waals surface area contributed by atoms with Crippen molar-refractivity contribution >= 4 is 5.95 Å². The third-order valence-electron chi connectivity index (χ3n) is 6.62. The first-order valence-electron chi connectivity index (χ1n) is 11.0. The summed E-state index contributed by atoms with van der Waals surface area (Å²) >= 11 is 0. The number of hydrogen-bond acceptors (Lipinski definition) is 4. The van der Waals surface area contributed by atoms with Crippen LogP contribution in [0.5, 0.6) is 0 Å². The van der Waals surface area contributed by atoms with Crippen LogP contribution in [0.2, 0.25) is 0 Å². The molecule has 0 amide bonds. The van der Waals surface area contributed by atoms with Gasteiger partial charge in [0.15, 0.2) is 0 Å². The van der Waals surface area contributed by atoms with Gasteiger partial charge < -0.3 is 5.32 Å². The molecule has 0 saturated heterocycles. The number of anilines is 1. The molecule has 0 bridgehead atoms. The predicted molar refractivity (Wildman–Crippen MR) is 108 cm³/mol. The van der Waals surface area contributed by atoms with Crippen LogP contribution < -0.4 is 5.32 Å². The van der Waals surface area contributed by atoms with Crippen molar-refractivity contribution in [3.8, 4) is 11.3 Å². The van der Waals surface area contributed by atoms with Crippen molar-refractivity contribution in [1.29, 1.82) is 0 Å². The molecular weight excluding hydrogens is 334 g/mol. The first kappa shape index (κ1) is 17.2. The van der Waals surface area contributed by atoms with Gasteiger partial charge in [0.2, 0.25) is 5.95 Å². The molecule has 5 rings (SSSR count). The quantitative estimate of drug-likeness (QED) is 0.769. The third-order valence-corrected chi connectivity index (χ3v) is 6.62. The van der Waals surface area contributed by atoms with E-state index in [1.54, 1.807) is 0 Å². The Bertz CT molecular complexity index is 767. The van der Waals surface area contributed by atoms with Crippen molar-refractivity contribution in [2.75, 3.05) is 5.32 Å². The predicted octanol–water partition coefficient (Wildman–Crippen LogP) is 5.15. The Kier molecular flexibility index (Phi) is 4.85. The van der Waals surface area contributed by atoms with Crippen LogP contribution in [0.1, 0.15) is 82.4 Å². The lowest BCUT2D eigenvalue weighted by atomic mass is 9.96. The van der Waals surface area contributed by atoms with Gasteiger partial charge in [-0.25, -0.2) is 9.97 Å². The normalized spacial score (nSPS) is 21.6. The van der Waals surface area contributed by atoms with Crippen LogP contribution in [0.3, 0.4) is 0 Å². The number of aromatic nitrogens is 4. The zero-order chi connectivity index (χ0) is 18.1. The van der Waals surface area contributed by atoms with Crippen LogP contribution in [0.15, 0.2) is 18.5 Å². The van der Waals surface area contributed by atoms with Gasteiger partial charge in [-0.2, -0.15) is 5.10 Å². The fourth-order valence-corrected chi connectivity index (χ4v) is 4.87. The van der Waals surface area contributed by atoms with Gasteiger partial charge in [-0.15, -0.1) is 0 Å². The van der Waals surface area contributed by atoms with Crippen molar-refractivity contribution in [1.82, 2.24) is 19.7 Å². The van der Waals surface area contributed by atoms with Gasteiger partial charge in [0.25, 0.3) is 0 Å². The molecule has 5 nitrogen and oxygen atoms in total. The van der Waals surface area contributed by atoms with Crippen molar-refractivity contribution < 1.29 is 0 Å². The van der Waals surface area contributed by atoms with Crippen molar-refractivity contribution in [3.05, 3.63) is 24.2 Å². The number of nitrogens with one attached hydrogen (secondary N) is 1. The van der Waals surface area contributed by atoms with Crippen molar-refractivity contribution in [2.45, 2.75) is 89.1 Å². The molecule has 2 aromatic heterocycles. The molecule has 0 unspecified atom stereocenters. The Labute approximate surface area is 162 Å². The highest BCUT2D eigenvalue weighted by molar-refractivity contribution is 5.62. The minimum atomic E-state index is 0.529. The zero-order valence-electron chi connectivity index (χ0n) is 16.2. The highest BCUT2D eigenvalue weighted by Crippen LogP contribution is 2.38. The van der Waals surface area contributed by atoms with E-state index in [9.17, 15) is 0 Å². The van der Waals surface area contributed by atoms with Gasteiger partial charge in [0.05, 0.1) is 17.9 Å².